The van der Waals surface area contributed by atoms with Gasteiger partial charge < -0.3 is 4.57 Å². The van der Waals surface area contributed by atoms with Gasteiger partial charge in [-0.2, -0.15) is 0 Å². The Morgan fingerprint density at radius 2 is 0.794 bits per heavy atom. The molecule has 3 aromatic heterocycles. The third-order valence-corrected chi connectivity index (χ3v) is 14.3. The zero-order valence-electron chi connectivity index (χ0n) is 36.8. The number of hydrogen-bond acceptors (Lipinski definition) is 4. The molecule has 3 heterocycles. The summed E-state index contributed by atoms with van der Waals surface area (Å²) in [6, 6.07) is 86.4. The monoisotopic (exact) mass is 884 g/mol. The molecule has 0 aliphatic heterocycles. The van der Waals surface area contributed by atoms with E-state index in [0.717, 1.165) is 61.3 Å². The van der Waals surface area contributed by atoms with Crippen LogP contribution in [0.5, 0.6) is 0 Å². The molecule has 0 atom stereocenters. The minimum Gasteiger partial charge on any atom is -0.308 e. The molecule has 10 aromatic carbocycles. The van der Waals surface area contributed by atoms with Crippen LogP contribution in [0.3, 0.4) is 0 Å². The van der Waals surface area contributed by atoms with Gasteiger partial charge in [0.1, 0.15) is 0 Å². The minimum atomic E-state index is 0.611. The van der Waals surface area contributed by atoms with Crippen molar-refractivity contribution in [3.05, 3.63) is 243 Å². The highest BCUT2D eigenvalue weighted by molar-refractivity contribution is 7.26. The predicted octanol–water partition coefficient (Wildman–Crippen LogP) is 17.0. The van der Waals surface area contributed by atoms with Crippen molar-refractivity contribution >= 4 is 53.3 Å². The van der Waals surface area contributed by atoms with Crippen molar-refractivity contribution in [2.75, 3.05) is 0 Å². The van der Waals surface area contributed by atoms with Gasteiger partial charge in [-0.1, -0.05) is 200 Å². The Labute approximate surface area is 397 Å². The van der Waals surface area contributed by atoms with Crippen LogP contribution in [0.2, 0.25) is 0 Å². The van der Waals surface area contributed by atoms with Crippen LogP contribution in [0.25, 0.3) is 126 Å². The summed E-state index contributed by atoms with van der Waals surface area (Å²) in [4.78, 5) is 15.8. The smallest absolute Gasteiger partial charge is 0.164 e. The quantitative estimate of drug-likeness (QED) is 0.153. The van der Waals surface area contributed by atoms with Crippen molar-refractivity contribution in [2.24, 2.45) is 0 Å². The fraction of sp³-hybridized carbons (Fsp3) is 0. The normalized spacial score (nSPS) is 11.5. The molecule has 0 spiro atoms. The lowest BCUT2D eigenvalue weighted by atomic mass is 9.88. The summed E-state index contributed by atoms with van der Waals surface area (Å²) >= 11 is 1.86. The number of benzene rings is 10. The van der Waals surface area contributed by atoms with Gasteiger partial charge in [0.05, 0.1) is 15.7 Å². The molecule has 13 rings (SSSR count). The number of rotatable bonds is 8. The van der Waals surface area contributed by atoms with Gasteiger partial charge in [-0.25, -0.2) is 15.0 Å². The van der Waals surface area contributed by atoms with Gasteiger partial charge in [0, 0.05) is 48.6 Å². The maximum absolute atomic E-state index is 5.34. The van der Waals surface area contributed by atoms with E-state index in [0.29, 0.717) is 17.5 Å². The molecule has 0 saturated carbocycles. The Kier molecular flexibility index (Phi) is 9.66. The molecule has 0 aliphatic carbocycles. The third kappa shape index (κ3) is 6.88. The second-order valence-electron chi connectivity index (χ2n) is 17.1. The summed E-state index contributed by atoms with van der Waals surface area (Å²) in [6.45, 7) is 0. The van der Waals surface area contributed by atoms with E-state index in [1.165, 1.54) is 47.5 Å². The molecule has 0 fully saturated rings. The van der Waals surface area contributed by atoms with Gasteiger partial charge in [0.15, 0.2) is 17.5 Å². The van der Waals surface area contributed by atoms with Crippen LogP contribution in [-0.2, 0) is 0 Å². The fourth-order valence-corrected chi connectivity index (χ4v) is 11.1. The Balaban J connectivity index is 1.06. The van der Waals surface area contributed by atoms with E-state index >= 15 is 0 Å². The van der Waals surface area contributed by atoms with Crippen LogP contribution >= 0.6 is 11.3 Å². The van der Waals surface area contributed by atoms with Crippen molar-refractivity contribution in [1.29, 1.82) is 0 Å². The SMILES string of the molecule is c1ccc(-c2ccc(-c3ccccc3)c(-c3ccc(-c4ccc5sc6c(ccc7c8ccccc8n(-c8ccccc8)c76)c5c4)c(-c4nc(-c5ccccc5)nc(-c5ccccc5)n4)c3)c2)cc1. The Hall–Kier alpha value is -8.77. The highest BCUT2D eigenvalue weighted by atomic mass is 32.1. The molecule has 0 aliphatic rings. The van der Waals surface area contributed by atoms with Crippen LogP contribution in [0, 0.1) is 0 Å². The van der Waals surface area contributed by atoms with E-state index in [2.05, 4.69) is 211 Å². The predicted molar refractivity (Wildman–Crippen MR) is 285 cm³/mol. The van der Waals surface area contributed by atoms with E-state index in [4.69, 9.17) is 15.0 Å². The fourth-order valence-electron chi connectivity index (χ4n) is 9.84. The number of aromatic nitrogens is 4. The molecule has 68 heavy (non-hydrogen) atoms. The number of para-hydroxylation sites is 2. The van der Waals surface area contributed by atoms with E-state index in [-0.39, 0.29) is 0 Å². The summed E-state index contributed by atoms with van der Waals surface area (Å²) in [5.74, 6) is 1.86. The molecule has 0 radical (unpaired) electrons. The van der Waals surface area contributed by atoms with Gasteiger partial charge in [0.25, 0.3) is 0 Å². The zero-order valence-corrected chi connectivity index (χ0v) is 37.6. The Morgan fingerprint density at radius 3 is 1.47 bits per heavy atom. The second-order valence-corrected chi connectivity index (χ2v) is 18.2. The second kappa shape index (κ2) is 16.6. The van der Waals surface area contributed by atoms with E-state index in [1.807, 2.05) is 47.7 Å². The maximum atomic E-state index is 5.34. The molecule has 4 nitrogen and oxygen atoms in total. The first kappa shape index (κ1) is 39.6. The highest BCUT2D eigenvalue weighted by Crippen LogP contribution is 2.46. The molecular weight excluding hydrogens is 845 g/mol. The summed E-state index contributed by atoms with van der Waals surface area (Å²) in [5, 5.41) is 4.96. The van der Waals surface area contributed by atoms with Crippen LogP contribution in [-0.4, -0.2) is 19.5 Å². The van der Waals surface area contributed by atoms with Gasteiger partial charge >= 0.3 is 0 Å². The zero-order chi connectivity index (χ0) is 45.0. The number of fused-ring (bicyclic) bond motifs is 7. The number of thiophene rings is 1. The van der Waals surface area contributed by atoms with E-state index in [1.54, 1.807) is 0 Å². The highest BCUT2D eigenvalue weighted by Gasteiger charge is 2.21. The first-order valence-corrected chi connectivity index (χ1v) is 23.7. The molecule has 13 aromatic rings. The molecule has 0 N–H and O–H groups in total. The molecule has 5 heteroatoms. The average Bonchev–Trinajstić information content (AvgIpc) is 3.97. The minimum absolute atomic E-state index is 0.611. The van der Waals surface area contributed by atoms with Gasteiger partial charge in [-0.05, 0) is 87.0 Å². The molecule has 318 valence electrons. The lowest BCUT2D eigenvalue weighted by Gasteiger charge is -2.17. The van der Waals surface area contributed by atoms with Gasteiger partial charge in [-0.3, -0.25) is 0 Å². The summed E-state index contributed by atoms with van der Waals surface area (Å²) in [6.07, 6.45) is 0. The summed E-state index contributed by atoms with van der Waals surface area (Å²) < 4.78 is 4.95. The lowest BCUT2D eigenvalue weighted by molar-refractivity contribution is 1.07. The van der Waals surface area contributed by atoms with Crippen LogP contribution in [0.15, 0.2) is 243 Å². The molecule has 0 saturated heterocycles. The van der Waals surface area contributed by atoms with Crippen LogP contribution in [0.1, 0.15) is 0 Å². The van der Waals surface area contributed by atoms with Crippen molar-refractivity contribution in [1.82, 2.24) is 19.5 Å². The maximum Gasteiger partial charge on any atom is 0.164 e. The van der Waals surface area contributed by atoms with Gasteiger partial charge in [0.2, 0.25) is 0 Å². The standard InChI is InChI=1S/C63H40N4S/c1-6-18-41(19-7-1)45-30-33-49(42-20-8-2-9-21-42)54(38-45)47-31-34-50(56(40-47)63-65-61(43-22-10-3-11-23-43)64-62(66-63)44-24-12-4-13-25-44)46-32-37-58-55(39-46)53-36-35-52-51-28-16-17-29-57(51)67(59(52)60(53)68-58)48-26-14-5-15-27-48/h1-40H. The van der Waals surface area contributed by atoms with Crippen LogP contribution in [0.4, 0.5) is 0 Å². The van der Waals surface area contributed by atoms with Gasteiger partial charge in [-0.15, -0.1) is 11.3 Å². The summed E-state index contributed by atoms with van der Waals surface area (Å²) in [7, 11) is 0. The average molecular weight is 885 g/mol. The van der Waals surface area contributed by atoms with Crippen molar-refractivity contribution in [3.8, 4) is 84.4 Å². The lowest BCUT2D eigenvalue weighted by Crippen LogP contribution is -2.01. The molecule has 0 unspecified atom stereocenters. The number of hydrogen-bond donors (Lipinski definition) is 0. The number of nitrogens with zero attached hydrogens (tertiary/aromatic N) is 4. The summed E-state index contributed by atoms with van der Waals surface area (Å²) in [5.41, 5.74) is 15.3. The van der Waals surface area contributed by atoms with Crippen molar-refractivity contribution in [3.63, 3.8) is 0 Å². The Morgan fingerprint density at radius 1 is 0.294 bits per heavy atom. The first-order chi connectivity index (χ1) is 33.7. The van der Waals surface area contributed by atoms with E-state index in [9.17, 15) is 0 Å². The third-order valence-electron chi connectivity index (χ3n) is 13.1. The molecule has 0 bridgehead atoms. The Bertz CT molecular complexity index is 3940. The van der Waals surface area contributed by atoms with E-state index < -0.39 is 0 Å². The molecular formula is C63H40N4S. The first-order valence-electron chi connectivity index (χ1n) is 22.9. The van der Waals surface area contributed by atoms with Crippen molar-refractivity contribution in [2.45, 2.75) is 0 Å². The molecule has 0 amide bonds. The van der Waals surface area contributed by atoms with Crippen molar-refractivity contribution < 1.29 is 0 Å². The topological polar surface area (TPSA) is 43.6 Å². The largest absolute Gasteiger partial charge is 0.308 e. The van der Waals surface area contributed by atoms with Crippen LogP contribution < -0.4 is 0 Å².